The van der Waals surface area contributed by atoms with Crippen molar-refractivity contribution >= 4 is 5.97 Å². The van der Waals surface area contributed by atoms with Crippen LogP contribution in [0.15, 0.2) is 36.5 Å². The quantitative estimate of drug-likeness (QED) is 0.494. The van der Waals surface area contributed by atoms with E-state index in [1.54, 1.807) is 6.08 Å². The molecule has 0 aromatic heterocycles. The van der Waals surface area contributed by atoms with Crippen LogP contribution in [0.1, 0.15) is 27.2 Å². The topological polar surface area (TPSA) is 26.3 Å². The van der Waals surface area contributed by atoms with Crippen LogP contribution in [0.2, 0.25) is 0 Å². The summed E-state index contributed by atoms with van der Waals surface area (Å²) < 4.78 is 5.00. The van der Waals surface area contributed by atoms with Crippen molar-refractivity contribution in [3.63, 3.8) is 0 Å². The summed E-state index contributed by atoms with van der Waals surface area (Å²) >= 11 is 0. The molecule has 2 nitrogen and oxygen atoms in total. The summed E-state index contributed by atoms with van der Waals surface area (Å²) in [4.78, 5) is 11.1. The summed E-state index contributed by atoms with van der Waals surface area (Å²) in [7, 11) is 0. The molecule has 0 rings (SSSR count). The van der Waals surface area contributed by atoms with Crippen molar-refractivity contribution < 1.29 is 9.53 Å². The van der Waals surface area contributed by atoms with Crippen molar-refractivity contribution in [2.24, 2.45) is 5.92 Å². The zero-order valence-corrected chi connectivity index (χ0v) is 9.77. The summed E-state index contributed by atoms with van der Waals surface area (Å²) in [5.74, 6) is 0.229. The number of hydrogen-bond donors (Lipinski definition) is 0. The zero-order chi connectivity index (χ0) is 11.5. The number of esters is 1. The van der Waals surface area contributed by atoms with Crippen molar-refractivity contribution in [2.75, 3.05) is 6.61 Å². The molecule has 0 fully saturated rings. The highest BCUT2D eigenvalue weighted by Gasteiger charge is 2.00. The Balaban J connectivity index is 3.61. The summed E-state index contributed by atoms with van der Waals surface area (Å²) in [5.41, 5.74) is 0. The van der Waals surface area contributed by atoms with Gasteiger partial charge in [0.1, 0.15) is 0 Å². The molecule has 0 N–H and O–H groups in total. The first kappa shape index (κ1) is 13.7. The molecule has 0 saturated carbocycles. The van der Waals surface area contributed by atoms with Crippen molar-refractivity contribution in [2.45, 2.75) is 27.2 Å². The normalized spacial score (nSPS) is 12.3. The second-order valence-corrected chi connectivity index (χ2v) is 3.62. The van der Waals surface area contributed by atoms with Crippen molar-refractivity contribution in [3.8, 4) is 0 Å². The second kappa shape index (κ2) is 9.25. The van der Waals surface area contributed by atoms with E-state index in [2.05, 4.69) is 0 Å². The average molecular weight is 208 g/mol. The van der Waals surface area contributed by atoms with E-state index in [4.69, 9.17) is 4.74 Å². The Morgan fingerprint density at radius 2 is 1.87 bits per heavy atom. The third-order valence-electron chi connectivity index (χ3n) is 1.52. The van der Waals surface area contributed by atoms with Gasteiger partial charge in [-0.3, -0.25) is 4.79 Å². The molecule has 0 bridgehead atoms. The number of allylic oxidation sites excluding steroid dienone is 5. The van der Waals surface area contributed by atoms with Crippen LogP contribution < -0.4 is 0 Å². The summed E-state index contributed by atoms with van der Waals surface area (Å²) in [5, 5.41) is 0. The third-order valence-corrected chi connectivity index (χ3v) is 1.52. The minimum atomic E-state index is -0.167. The number of ether oxygens (including phenoxy) is 1. The van der Waals surface area contributed by atoms with Gasteiger partial charge in [0.05, 0.1) is 13.0 Å². The summed E-state index contributed by atoms with van der Waals surface area (Å²) in [6.45, 7) is 6.49. The number of carbonyl (C=O) groups is 1. The van der Waals surface area contributed by atoms with Crippen LogP contribution in [-0.4, -0.2) is 12.6 Å². The van der Waals surface area contributed by atoms with E-state index in [9.17, 15) is 4.79 Å². The Bertz CT molecular complexity index is 247. The van der Waals surface area contributed by atoms with Gasteiger partial charge in [0, 0.05) is 0 Å². The highest BCUT2D eigenvalue weighted by molar-refractivity contribution is 5.71. The Labute approximate surface area is 92.3 Å². The van der Waals surface area contributed by atoms with Crippen LogP contribution in [0, 0.1) is 5.92 Å². The van der Waals surface area contributed by atoms with E-state index < -0.39 is 0 Å². The molecule has 0 heterocycles. The van der Waals surface area contributed by atoms with Gasteiger partial charge in [0.15, 0.2) is 0 Å². The second-order valence-electron chi connectivity index (χ2n) is 3.62. The van der Waals surface area contributed by atoms with E-state index in [0.717, 1.165) is 0 Å². The molecule has 0 aromatic rings. The zero-order valence-electron chi connectivity index (χ0n) is 9.77. The molecule has 0 amide bonds. The first-order valence-corrected chi connectivity index (χ1v) is 5.27. The fraction of sp³-hybridized carbons (Fsp3) is 0.462. The van der Waals surface area contributed by atoms with Crippen molar-refractivity contribution in [1.82, 2.24) is 0 Å². The molecule has 0 aliphatic carbocycles. The molecular weight excluding hydrogens is 188 g/mol. The molecule has 2 heteroatoms. The maximum absolute atomic E-state index is 11.1. The predicted molar refractivity (Wildman–Crippen MR) is 63.5 cm³/mol. The number of hydrogen-bond acceptors (Lipinski definition) is 2. The Morgan fingerprint density at radius 1 is 1.20 bits per heavy atom. The monoisotopic (exact) mass is 208 g/mol. The van der Waals surface area contributed by atoms with Gasteiger partial charge < -0.3 is 4.74 Å². The minimum absolute atomic E-state index is 0.167. The van der Waals surface area contributed by atoms with Gasteiger partial charge in [-0.05, 0) is 12.8 Å². The molecular formula is C13H20O2. The smallest absolute Gasteiger partial charge is 0.309 e. The minimum Gasteiger partial charge on any atom is -0.465 e. The van der Waals surface area contributed by atoms with Gasteiger partial charge in [-0.15, -0.1) is 0 Å². The van der Waals surface area contributed by atoms with Crippen molar-refractivity contribution in [1.29, 1.82) is 0 Å². The predicted octanol–water partition coefficient (Wildman–Crippen LogP) is 3.26. The van der Waals surface area contributed by atoms with Crippen LogP contribution >= 0.6 is 0 Å². The summed E-state index contributed by atoms with van der Waals surface area (Å²) in [6, 6.07) is 0. The first-order chi connectivity index (χ1) is 7.16. The fourth-order valence-corrected chi connectivity index (χ4v) is 0.801. The highest BCUT2D eigenvalue weighted by atomic mass is 16.5. The maximum atomic E-state index is 11.1. The van der Waals surface area contributed by atoms with Gasteiger partial charge in [0.2, 0.25) is 0 Å². The lowest BCUT2D eigenvalue weighted by Gasteiger charge is -2.04. The Morgan fingerprint density at radius 3 is 2.47 bits per heavy atom. The maximum Gasteiger partial charge on any atom is 0.309 e. The fourth-order valence-electron chi connectivity index (χ4n) is 0.801. The van der Waals surface area contributed by atoms with Gasteiger partial charge in [-0.1, -0.05) is 50.3 Å². The largest absolute Gasteiger partial charge is 0.465 e. The van der Waals surface area contributed by atoms with Crippen LogP contribution in [0.25, 0.3) is 0 Å². The molecule has 0 spiro atoms. The van der Waals surface area contributed by atoms with E-state index in [1.807, 2.05) is 51.2 Å². The van der Waals surface area contributed by atoms with Gasteiger partial charge in [-0.25, -0.2) is 0 Å². The van der Waals surface area contributed by atoms with Crippen LogP contribution in [-0.2, 0) is 9.53 Å². The Hall–Kier alpha value is -1.31. The van der Waals surface area contributed by atoms with Crippen LogP contribution in [0.4, 0.5) is 0 Å². The molecule has 0 atom stereocenters. The first-order valence-electron chi connectivity index (χ1n) is 5.27. The molecule has 0 radical (unpaired) electrons. The lowest BCUT2D eigenvalue weighted by atomic mass is 10.2. The van der Waals surface area contributed by atoms with E-state index in [-0.39, 0.29) is 5.97 Å². The Kier molecular flexibility index (Phi) is 8.44. The van der Waals surface area contributed by atoms with Crippen LogP contribution in [0.3, 0.4) is 0 Å². The molecule has 0 saturated heterocycles. The molecule has 0 aliphatic heterocycles. The van der Waals surface area contributed by atoms with E-state index in [0.29, 0.717) is 18.9 Å². The van der Waals surface area contributed by atoms with Crippen molar-refractivity contribution in [3.05, 3.63) is 36.5 Å². The van der Waals surface area contributed by atoms with Gasteiger partial charge in [0.25, 0.3) is 0 Å². The standard InChI is InChI=1S/C13H20O2/c1-4-5-6-7-8-9-10-13(14)15-11-12(2)3/h4-9,12H,10-11H2,1-3H3/b5-4?,7-6-,9-8+. The van der Waals surface area contributed by atoms with E-state index >= 15 is 0 Å². The van der Waals surface area contributed by atoms with Crippen LogP contribution in [0.5, 0.6) is 0 Å². The highest BCUT2D eigenvalue weighted by Crippen LogP contribution is 1.96. The lowest BCUT2D eigenvalue weighted by Crippen LogP contribution is -2.08. The molecule has 0 unspecified atom stereocenters. The molecule has 0 aliphatic rings. The van der Waals surface area contributed by atoms with Gasteiger partial charge >= 0.3 is 5.97 Å². The summed E-state index contributed by atoms with van der Waals surface area (Å²) in [6.07, 6.45) is 11.7. The lowest BCUT2D eigenvalue weighted by molar-refractivity contribution is -0.143. The number of carbonyl (C=O) groups excluding carboxylic acids is 1. The molecule has 15 heavy (non-hydrogen) atoms. The molecule has 0 aromatic carbocycles. The SMILES string of the molecule is CC=C/C=C\C=C\CC(=O)OCC(C)C. The average Bonchev–Trinajstić information content (AvgIpc) is 2.20. The van der Waals surface area contributed by atoms with Gasteiger partial charge in [-0.2, -0.15) is 0 Å². The number of rotatable bonds is 6. The molecule has 84 valence electrons. The third kappa shape index (κ3) is 10.6. The van der Waals surface area contributed by atoms with E-state index in [1.165, 1.54) is 0 Å².